The fourth-order valence-corrected chi connectivity index (χ4v) is 2.48. The van der Waals surface area contributed by atoms with E-state index >= 15 is 0 Å². The minimum Gasteiger partial charge on any atom is -0.507 e. The van der Waals surface area contributed by atoms with Crippen LogP contribution in [0.1, 0.15) is 23.7 Å². The monoisotopic (exact) mass is 248 g/mol. The number of rotatable bonds is 1. The molecule has 2 rings (SSSR count). The third-order valence-electron chi connectivity index (χ3n) is 3.44. The van der Waals surface area contributed by atoms with Crippen LogP contribution in [0.2, 0.25) is 0 Å². The molecule has 1 aliphatic heterocycles. The molecule has 98 valence electrons. The summed E-state index contributed by atoms with van der Waals surface area (Å²) in [5, 5.41) is 9.76. The van der Waals surface area contributed by atoms with E-state index in [4.69, 9.17) is 0 Å². The number of carbonyl (C=O) groups excluding carboxylic acids is 1. The average Bonchev–Trinajstić information content (AvgIpc) is 2.50. The summed E-state index contributed by atoms with van der Waals surface area (Å²) in [4.78, 5) is 16.5. The van der Waals surface area contributed by atoms with Crippen molar-refractivity contribution in [3.8, 4) is 5.75 Å². The maximum Gasteiger partial charge on any atom is 0.257 e. The number of nitrogens with zero attached hydrogens (tertiary/aromatic N) is 2. The molecular weight excluding hydrogens is 228 g/mol. The first-order valence-corrected chi connectivity index (χ1v) is 6.37. The zero-order valence-corrected chi connectivity index (χ0v) is 11.0. The van der Waals surface area contributed by atoms with Crippen molar-refractivity contribution in [2.45, 2.75) is 19.4 Å². The van der Waals surface area contributed by atoms with E-state index in [9.17, 15) is 9.90 Å². The molecule has 1 heterocycles. The Morgan fingerprint density at radius 1 is 1.33 bits per heavy atom. The Morgan fingerprint density at radius 2 is 2.06 bits per heavy atom. The lowest BCUT2D eigenvalue weighted by Crippen LogP contribution is -2.42. The molecular formula is C14H20N2O2. The summed E-state index contributed by atoms with van der Waals surface area (Å²) in [5.74, 6) is -0.0109. The van der Waals surface area contributed by atoms with Crippen molar-refractivity contribution in [2.75, 3.05) is 26.7 Å². The number of benzene rings is 1. The lowest BCUT2D eigenvalue weighted by molar-refractivity contribution is 0.0693. The van der Waals surface area contributed by atoms with E-state index in [0.717, 1.165) is 26.1 Å². The van der Waals surface area contributed by atoms with Gasteiger partial charge in [-0.3, -0.25) is 4.79 Å². The molecule has 1 aliphatic rings. The van der Waals surface area contributed by atoms with Crippen LogP contribution in [0, 0.1) is 0 Å². The number of hydrogen-bond donors (Lipinski definition) is 1. The zero-order chi connectivity index (χ0) is 13.1. The van der Waals surface area contributed by atoms with Crippen LogP contribution in [-0.4, -0.2) is 53.5 Å². The number of amides is 1. The van der Waals surface area contributed by atoms with Crippen molar-refractivity contribution < 1.29 is 9.90 Å². The average molecular weight is 248 g/mol. The second kappa shape index (κ2) is 5.40. The smallest absolute Gasteiger partial charge is 0.257 e. The predicted octanol–water partition coefficient (Wildman–Crippen LogP) is 1.56. The highest BCUT2D eigenvalue weighted by Gasteiger charge is 2.26. The van der Waals surface area contributed by atoms with Crippen molar-refractivity contribution in [1.82, 2.24) is 9.80 Å². The highest BCUT2D eigenvalue weighted by molar-refractivity contribution is 5.97. The van der Waals surface area contributed by atoms with Gasteiger partial charge in [0.15, 0.2) is 0 Å². The largest absolute Gasteiger partial charge is 0.507 e. The first-order valence-electron chi connectivity index (χ1n) is 6.37. The number of phenolic OH excluding ortho intramolecular Hbond substituents is 1. The molecule has 4 nitrogen and oxygen atoms in total. The Labute approximate surface area is 108 Å². The lowest BCUT2D eigenvalue weighted by Gasteiger charge is -2.28. The summed E-state index contributed by atoms with van der Waals surface area (Å²) in [6.07, 6.45) is 0.972. The van der Waals surface area contributed by atoms with Crippen LogP contribution >= 0.6 is 0 Å². The van der Waals surface area contributed by atoms with E-state index in [0.29, 0.717) is 5.56 Å². The molecule has 0 saturated carbocycles. The van der Waals surface area contributed by atoms with E-state index in [2.05, 4.69) is 18.9 Å². The molecule has 1 unspecified atom stereocenters. The van der Waals surface area contributed by atoms with Crippen molar-refractivity contribution in [1.29, 1.82) is 0 Å². The molecule has 4 heteroatoms. The molecule has 1 atom stereocenters. The number of likely N-dealkylation sites (N-methyl/N-ethyl adjacent to an activating group) is 1. The lowest BCUT2D eigenvalue weighted by atomic mass is 10.1. The quantitative estimate of drug-likeness (QED) is 0.820. The zero-order valence-electron chi connectivity index (χ0n) is 11.0. The molecule has 1 fully saturated rings. The van der Waals surface area contributed by atoms with Gasteiger partial charge >= 0.3 is 0 Å². The van der Waals surface area contributed by atoms with Crippen LogP contribution in [-0.2, 0) is 0 Å². The van der Waals surface area contributed by atoms with Gasteiger partial charge < -0.3 is 14.9 Å². The number of carbonyl (C=O) groups is 1. The van der Waals surface area contributed by atoms with Crippen molar-refractivity contribution in [2.24, 2.45) is 0 Å². The van der Waals surface area contributed by atoms with Gasteiger partial charge in [0.25, 0.3) is 5.91 Å². The van der Waals surface area contributed by atoms with Gasteiger partial charge in [0.1, 0.15) is 5.75 Å². The van der Waals surface area contributed by atoms with Crippen LogP contribution in [0.3, 0.4) is 0 Å². The van der Waals surface area contributed by atoms with Gasteiger partial charge in [-0.25, -0.2) is 0 Å². The highest BCUT2D eigenvalue weighted by atomic mass is 16.3. The van der Waals surface area contributed by atoms with Crippen LogP contribution in [0.25, 0.3) is 0 Å². The second-order valence-electron chi connectivity index (χ2n) is 4.98. The Morgan fingerprint density at radius 3 is 2.78 bits per heavy atom. The Balaban J connectivity index is 2.20. The predicted molar refractivity (Wildman–Crippen MR) is 70.7 cm³/mol. The Hall–Kier alpha value is -1.55. The Bertz CT molecular complexity index is 434. The number of para-hydroxylation sites is 1. The number of aromatic hydroxyl groups is 1. The minimum absolute atomic E-state index is 0.0623. The van der Waals surface area contributed by atoms with Crippen LogP contribution in [0.5, 0.6) is 5.75 Å². The van der Waals surface area contributed by atoms with Gasteiger partial charge in [-0.05, 0) is 39.1 Å². The number of hydrogen-bond acceptors (Lipinski definition) is 3. The third-order valence-corrected chi connectivity index (χ3v) is 3.44. The summed E-state index contributed by atoms with van der Waals surface area (Å²) >= 11 is 0. The first-order chi connectivity index (χ1) is 8.59. The highest BCUT2D eigenvalue weighted by Crippen LogP contribution is 2.20. The molecule has 0 spiro atoms. The molecule has 0 aliphatic carbocycles. The van der Waals surface area contributed by atoms with E-state index in [1.165, 1.54) is 0 Å². The van der Waals surface area contributed by atoms with Crippen molar-refractivity contribution in [3.05, 3.63) is 29.8 Å². The molecule has 0 radical (unpaired) electrons. The van der Waals surface area contributed by atoms with Gasteiger partial charge in [0.05, 0.1) is 5.56 Å². The van der Waals surface area contributed by atoms with Crippen LogP contribution < -0.4 is 0 Å². The SMILES string of the molecule is CC1CN(C)CCCN1C(=O)c1ccccc1O. The van der Waals surface area contributed by atoms with Crippen LogP contribution in [0.4, 0.5) is 0 Å². The topological polar surface area (TPSA) is 43.8 Å². The fraction of sp³-hybridized carbons (Fsp3) is 0.500. The van der Waals surface area contributed by atoms with E-state index in [-0.39, 0.29) is 17.7 Å². The molecule has 1 saturated heterocycles. The van der Waals surface area contributed by atoms with Crippen molar-refractivity contribution in [3.63, 3.8) is 0 Å². The molecule has 1 aromatic carbocycles. The molecule has 18 heavy (non-hydrogen) atoms. The first kappa shape index (κ1) is 12.9. The van der Waals surface area contributed by atoms with Gasteiger partial charge in [-0.15, -0.1) is 0 Å². The number of phenols is 1. The summed E-state index contributed by atoms with van der Waals surface area (Å²) in [5.41, 5.74) is 0.397. The summed E-state index contributed by atoms with van der Waals surface area (Å²) in [6, 6.07) is 6.92. The van der Waals surface area contributed by atoms with E-state index in [1.807, 2.05) is 4.90 Å². The summed E-state index contributed by atoms with van der Waals surface area (Å²) < 4.78 is 0. The maximum atomic E-state index is 12.4. The standard InChI is InChI=1S/C14H20N2O2/c1-11-10-15(2)8-5-9-16(11)14(18)12-6-3-4-7-13(12)17/h3-4,6-7,11,17H,5,8-10H2,1-2H3. The fourth-order valence-electron chi connectivity index (χ4n) is 2.48. The summed E-state index contributed by atoms with van der Waals surface area (Å²) in [6.45, 7) is 4.69. The third kappa shape index (κ3) is 2.64. The summed E-state index contributed by atoms with van der Waals surface area (Å²) in [7, 11) is 2.07. The molecule has 0 aromatic heterocycles. The van der Waals surface area contributed by atoms with Gasteiger partial charge in [0.2, 0.25) is 0 Å². The second-order valence-corrected chi connectivity index (χ2v) is 4.98. The molecule has 1 amide bonds. The van der Waals surface area contributed by atoms with E-state index in [1.54, 1.807) is 24.3 Å². The van der Waals surface area contributed by atoms with Gasteiger partial charge in [-0.2, -0.15) is 0 Å². The molecule has 1 aromatic rings. The molecule has 1 N–H and O–H groups in total. The minimum atomic E-state index is -0.0732. The normalized spacial score (nSPS) is 21.7. The van der Waals surface area contributed by atoms with E-state index < -0.39 is 0 Å². The molecule has 0 bridgehead atoms. The Kier molecular flexibility index (Phi) is 3.87. The van der Waals surface area contributed by atoms with Crippen LogP contribution in [0.15, 0.2) is 24.3 Å². The maximum absolute atomic E-state index is 12.4. The van der Waals surface area contributed by atoms with Crippen molar-refractivity contribution >= 4 is 5.91 Å². The van der Waals surface area contributed by atoms with Gasteiger partial charge in [-0.1, -0.05) is 12.1 Å². The van der Waals surface area contributed by atoms with Gasteiger partial charge in [0, 0.05) is 19.1 Å².